The Kier molecular flexibility index (Phi) is 4.99. The first-order valence-electron chi connectivity index (χ1n) is 6.04. The van der Waals surface area contributed by atoms with E-state index in [0.717, 1.165) is 24.4 Å². The minimum Gasteiger partial charge on any atom is -0.484 e. The molecule has 0 amide bonds. The summed E-state index contributed by atoms with van der Waals surface area (Å²) in [7, 11) is 0. The lowest BCUT2D eigenvalue weighted by molar-refractivity contribution is 0.268. The molecule has 0 aliphatic rings. The molecule has 1 aromatic carbocycles. The maximum Gasteiger partial charge on any atom is 0.146 e. The van der Waals surface area contributed by atoms with Crippen molar-refractivity contribution in [1.29, 1.82) is 0 Å². The maximum absolute atomic E-state index is 12.9. The van der Waals surface area contributed by atoms with Crippen molar-refractivity contribution in [2.24, 2.45) is 0 Å². The first-order valence-corrected chi connectivity index (χ1v) is 6.83. The second-order valence-corrected chi connectivity index (χ2v) is 4.92. The topological polar surface area (TPSA) is 34.4 Å². The summed E-state index contributed by atoms with van der Waals surface area (Å²) in [5.41, 5.74) is 1.08. The third-order valence-electron chi connectivity index (χ3n) is 2.55. The van der Waals surface area contributed by atoms with Crippen molar-refractivity contribution in [1.82, 2.24) is 5.32 Å². The predicted molar refractivity (Wildman–Crippen MR) is 74.5 cm³/mol. The van der Waals surface area contributed by atoms with Crippen molar-refractivity contribution >= 4 is 15.9 Å². The second kappa shape index (κ2) is 6.73. The average molecular weight is 328 g/mol. The lowest BCUT2D eigenvalue weighted by Gasteiger charge is -2.06. The van der Waals surface area contributed by atoms with Crippen LogP contribution in [0.4, 0.5) is 4.39 Å². The lowest BCUT2D eigenvalue weighted by Crippen LogP contribution is -2.10. The first-order chi connectivity index (χ1) is 9.19. The summed E-state index contributed by atoms with van der Waals surface area (Å²) in [6.45, 7) is 4.06. The molecule has 0 aliphatic heterocycles. The summed E-state index contributed by atoms with van der Waals surface area (Å²) < 4.78 is 24.5. The van der Waals surface area contributed by atoms with Gasteiger partial charge in [-0.2, -0.15) is 0 Å². The Labute approximate surface area is 119 Å². The smallest absolute Gasteiger partial charge is 0.146 e. The van der Waals surface area contributed by atoms with Gasteiger partial charge in [-0.15, -0.1) is 0 Å². The number of hydrogen-bond donors (Lipinski definition) is 1. The number of nitrogens with one attached hydrogen (secondary N) is 1. The molecular formula is C14H15BrFNO2. The Hall–Kier alpha value is -1.33. The lowest BCUT2D eigenvalue weighted by atomic mass is 10.3. The molecule has 3 nitrogen and oxygen atoms in total. The normalized spacial score (nSPS) is 10.7. The highest BCUT2D eigenvalue weighted by Gasteiger charge is 2.06. The highest BCUT2D eigenvalue weighted by molar-refractivity contribution is 9.10. The molecule has 0 atom stereocenters. The molecule has 102 valence electrons. The molecule has 2 rings (SSSR count). The van der Waals surface area contributed by atoms with Gasteiger partial charge in [0.25, 0.3) is 0 Å². The van der Waals surface area contributed by atoms with Crippen LogP contribution in [0.15, 0.2) is 39.4 Å². The van der Waals surface area contributed by atoms with E-state index in [9.17, 15) is 4.39 Å². The molecule has 0 radical (unpaired) electrons. The highest BCUT2D eigenvalue weighted by Crippen LogP contribution is 2.26. The van der Waals surface area contributed by atoms with Gasteiger partial charge in [-0.25, -0.2) is 4.39 Å². The van der Waals surface area contributed by atoms with E-state index in [0.29, 0.717) is 16.8 Å². The van der Waals surface area contributed by atoms with E-state index in [2.05, 4.69) is 28.2 Å². The molecule has 1 N–H and O–H groups in total. The number of hydrogen-bond acceptors (Lipinski definition) is 3. The summed E-state index contributed by atoms with van der Waals surface area (Å²) in [6.07, 6.45) is 1.71. The quantitative estimate of drug-likeness (QED) is 0.874. The van der Waals surface area contributed by atoms with Gasteiger partial charge in [-0.1, -0.05) is 6.92 Å². The number of furan rings is 1. The zero-order chi connectivity index (χ0) is 13.7. The van der Waals surface area contributed by atoms with E-state index in [1.807, 2.05) is 6.07 Å². The van der Waals surface area contributed by atoms with Gasteiger partial charge in [0.05, 0.1) is 10.7 Å². The third kappa shape index (κ3) is 4.08. The van der Waals surface area contributed by atoms with Crippen molar-refractivity contribution in [3.05, 3.63) is 52.1 Å². The van der Waals surface area contributed by atoms with Crippen LogP contribution in [0.1, 0.15) is 18.2 Å². The third-order valence-corrected chi connectivity index (χ3v) is 3.17. The van der Waals surface area contributed by atoms with Crippen molar-refractivity contribution in [3.63, 3.8) is 0 Å². The zero-order valence-corrected chi connectivity index (χ0v) is 12.2. The Morgan fingerprint density at radius 1 is 1.37 bits per heavy atom. The van der Waals surface area contributed by atoms with Gasteiger partial charge in [0.15, 0.2) is 0 Å². The molecule has 19 heavy (non-hydrogen) atoms. The SMILES string of the molecule is CCNCc1coc(COc2ccc(F)cc2Br)c1. The Morgan fingerprint density at radius 3 is 2.95 bits per heavy atom. The standard InChI is InChI=1S/C14H15BrFNO2/c1-2-17-7-10-5-12(18-8-10)9-19-14-4-3-11(16)6-13(14)15/h3-6,8,17H,2,7,9H2,1H3. The van der Waals surface area contributed by atoms with Gasteiger partial charge in [0, 0.05) is 12.1 Å². The molecule has 0 fully saturated rings. The monoisotopic (exact) mass is 327 g/mol. The largest absolute Gasteiger partial charge is 0.484 e. The Balaban J connectivity index is 1.92. The van der Waals surface area contributed by atoms with Gasteiger partial charge in [-0.05, 0) is 46.7 Å². The van der Waals surface area contributed by atoms with Crippen LogP contribution in [0.2, 0.25) is 0 Å². The van der Waals surface area contributed by atoms with Crippen LogP contribution < -0.4 is 10.1 Å². The van der Waals surface area contributed by atoms with Crippen molar-refractivity contribution in [3.8, 4) is 5.75 Å². The van der Waals surface area contributed by atoms with Gasteiger partial charge >= 0.3 is 0 Å². The van der Waals surface area contributed by atoms with Gasteiger partial charge in [0.2, 0.25) is 0 Å². The molecule has 0 saturated carbocycles. The van der Waals surface area contributed by atoms with Crippen molar-refractivity contribution in [2.45, 2.75) is 20.1 Å². The Bertz CT molecular complexity index is 542. The molecule has 1 heterocycles. The summed E-state index contributed by atoms with van der Waals surface area (Å²) in [5.74, 6) is 1.03. The van der Waals surface area contributed by atoms with E-state index < -0.39 is 0 Å². The predicted octanol–water partition coefficient (Wildman–Crippen LogP) is 3.87. The molecule has 5 heteroatoms. The van der Waals surface area contributed by atoms with E-state index in [1.54, 1.807) is 12.3 Å². The molecule has 2 aromatic rings. The maximum atomic E-state index is 12.9. The van der Waals surface area contributed by atoms with Gasteiger partial charge < -0.3 is 14.5 Å². The van der Waals surface area contributed by atoms with Crippen molar-refractivity contribution < 1.29 is 13.5 Å². The van der Waals surface area contributed by atoms with E-state index in [4.69, 9.17) is 9.15 Å². The van der Waals surface area contributed by atoms with Crippen LogP contribution in [-0.2, 0) is 13.2 Å². The molecule has 0 unspecified atom stereocenters. The van der Waals surface area contributed by atoms with Crippen LogP contribution >= 0.6 is 15.9 Å². The zero-order valence-electron chi connectivity index (χ0n) is 10.6. The Morgan fingerprint density at radius 2 is 2.21 bits per heavy atom. The number of rotatable bonds is 6. The van der Waals surface area contributed by atoms with E-state index >= 15 is 0 Å². The number of ether oxygens (including phenoxy) is 1. The molecule has 0 saturated heterocycles. The van der Waals surface area contributed by atoms with Crippen molar-refractivity contribution in [2.75, 3.05) is 6.54 Å². The van der Waals surface area contributed by atoms with E-state index in [-0.39, 0.29) is 5.82 Å². The number of benzene rings is 1. The molecule has 1 aromatic heterocycles. The minimum atomic E-state index is -0.301. The second-order valence-electron chi connectivity index (χ2n) is 4.07. The number of halogens is 2. The van der Waals surface area contributed by atoms with Gasteiger partial charge in [0.1, 0.15) is 23.9 Å². The van der Waals surface area contributed by atoms with Crippen LogP contribution in [0.5, 0.6) is 5.75 Å². The van der Waals surface area contributed by atoms with Gasteiger partial charge in [-0.3, -0.25) is 0 Å². The molecular weight excluding hydrogens is 313 g/mol. The fourth-order valence-corrected chi connectivity index (χ4v) is 2.07. The van der Waals surface area contributed by atoms with Crippen LogP contribution in [0.3, 0.4) is 0 Å². The molecule has 0 aliphatic carbocycles. The fourth-order valence-electron chi connectivity index (χ4n) is 1.61. The minimum absolute atomic E-state index is 0.301. The van der Waals surface area contributed by atoms with Crippen LogP contribution in [0.25, 0.3) is 0 Å². The fraction of sp³-hybridized carbons (Fsp3) is 0.286. The summed E-state index contributed by atoms with van der Waals surface area (Å²) >= 11 is 3.25. The molecule has 0 spiro atoms. The van der Waals surface area contributed by atoms with Crippen LogP contribution in [-0.4, -0.2) is 6.54 Å². The average Bonchev–Trinajstić information content (AvgIpc) is 2.83. The van der Waals surface area contributed by atoms with Crippen LogP contribution in [0, 0.1) is 5.82 Å². The summed E-state index contributed by atoms with van der Waals surface area (Å²) in [6, 6.07) is 6.26. The van der Waals surface area contributed by atoms with E-state index in [1.165, 1.54) is 12.1 Å². The highest BCUT2D eigenvalue weighted by atomic mass is 79.9. The summed E-state index contributed by atoms with van der Waals surface area (Å²) in [5, 5.41) is 3.22. The molecule has 0 bridgehead atoms. The summed E-state index contributed by atoms with van der Waals surface area (Å²) in [4.78, 5) is 0. The first kappa shape index (κ1) is 14.1.